The number of nitrogens with one attached hydrogen (secondary N) is 2. The highest BCUT2D eigenvalue weighted by atomic mass is 35.5. The van der Waals surface area contributed by atoms with E-state index >= 15 is 0 Å². The molecule has 2 aliphatic rings. The Labute approximate surface area is 190 Å². The molecule has 4 rings (SSSR count). The first-order chi connectivity index (χ1) is 15.4. The molecule has 32 heavy (non-hydrogen) atoms. The van der Waals surface area contributed by atoms with Crippen LogP contribution in [0.15, 0.2) is 23.0 Å². The summed E-state index contributed by atoms with van der Waals surface area (Å²) in [6, 6.07) is 5.15. The molecule has 1 aromatic carbocycles. The first-order valence-electron chi connectivity index (χ1n) is 10.7. The van der Waals surface area contributed by atoms with Gasteiger partial charge in [0, 0.05) is 49.4 Å². The minimum absolute atomic E-state index is 0.0623. The van der Waals surface area contributed by atoms with Gasteiger partial charge in [-0.05, 0) is 38.0 Å². The Morgan fingerprint density at radius 1 is 1.25 bits per heavy atom. The van der Waals surface area contributed by atoms with Crippen molar-refractivity contribution >= 4 is 40.7 Å². The molecule has 0 atom stereocenters. The van der Waals surface area contributed by atoms with E-state index in [1.807, 2.05) is 4.90 Å². The SMILES string of the molecule is Cc1nc(N2CCOCC2)[nH]c(=O)c1CCC(=O)Nc1cc(N2CCCC2=O)ccc1Cl. The van der Waals surface area contributed by atoms with Crippen molar-refractivity contribution in [2.24, 2.45) is 0 Å². The van der Waals surface area contributed by atoms with Gasteiger partial charge in [-0.2, -0.15) is 0 Å². The van der Waals surface area contributed by atoms with Gasteiger partial charge in [0.1, 0.15) is 0 Å². The highest BCUT2D eigenvalue weighted by molar-refractivity contribution is 6.33. The Kier molecular flexibility index (Phi) is 6.76. The summed E-state index contributed by atoms with van der Waals surface area (Å²) in [4.78, 5) is 48.2. The van der Waals surface area contributed by atoms with Crippen molar-refractivity contribution in [1.29, 1.82) is 0 Å². The molecule has 10 heteroatoms. The number of amides is 2. The molecule has 0 unspecified atom stereocenters. The van der Waals surface area contributed by atoms with Gasteiger partial charge in [-0.3, -0.25) is 19.4 Å². The van der Waals surface area contributed by atoms with Crippen LogP contribution in [0, 0.1) is 6.92 Å². The Balaban J connectivity index is 1.41. The van der Waals surface area contributed by atoms with Crippen molar-refractivity contribution in [1.82, 2.24) is 9.97 Å². The molecule has 170 valence electrons. The molecule has 1 aromatic heterocycles. The summed E-state index contributed by atoms with van der Waals surface area (Å²) in [7, 11) is 0. The number of carbonyl (C=O) groups excluding carboxylic acids is 2. The fourth-order valence-corrected chi connectivity index (χ4v) is 4.13. The van der Waals surface area contributed by atoms with Crippen LogP contribution in [-0.2, 0) is 20.7 Å². The summed E-state index contributed by atoms with van der Waals surface area (Å²) in [5.74, 6) is 0.323. The number of hydrogen-bond acceptors (Lipinski definition) is 6. The maximum atomic E-state index is 12.6. The van der Waals surface area contributed by atoms with Crippen LogP contribution in [0.1, 0.15) is 30.5 Å². The fourth-order valence-electron chi connectivity index (χ4n) is 3.96. The zero-order valence-corrected chi connectivity index (χ0v) is 18.7. The first kappa shape index (κ1) is 22.3. The number of ether oxygens (including phenoxy) is 1. The highest BCUT2D eigenvalue weighted by Gasteiger charge is 2.23. The maximum absolute atomic E-state index is 12.6. The molecule has 9 nitrogen and oxygen atoms in total. The summed E-state index contributed by atoms with van der Waals surface area (Å²) in [6.07, 6.45) is 1.70. The number of aryl methyl sites for hydroxylation is 1. The van der Waals surface area contributed by atoms with Gasteiger partial charge in [-0.15, -0.1) is 0 Å². The lowest BCUT2D eigenvalue weighted by Crippen LogP contribution is -2.38. The normalized spacial score (nSPS) is 16.5. The zero-order chi connectivity index (χ0) is 22.7. The lowest BCUT2D eigenvalue weighted by molar-refractivity contribution is -0.117. The van der Waals surface area contributed by atoms with E-state index in [2.05, 4.69) is 15.3 Å². The number of hydrogen-bond donors (Lipinski definition) is 2. The van der Waals surface area contributed by atoms with Gasteiger partial charge in [0.25, 0.3) is 5.56 Å². The average Bonchev–Trinajstić information content (AvgIpc) is 3.21. The van der Waals surface area contributed by atoms with Gasteiger partial charge in [-0.1, -0.05) is 11.6 Å². The standard InChI is InChI=1S/C22H26ClN5O4/c1-14-16(21(31)26-22(24-14)27-9-11-32-12-10-27)5-7-19(29)25-18-13-15(4-6-17(18)23)28-8-2-3-20(28)30/h4,6,13H,2-3,5,7-12H2,1H3,(H,25,29)(H,24,26,31). The highest BCUT2D eigenvalue weighted by Crippen LogP contribution is 2.30. The summed E-state index contributed by atoms with van der Waals surface area (Å²) in [5.41, 5.74) is 2.01. The zero-order valence-electron chi connectivity index (χ0n) is 17.9. The molecule has 2 saturated heterocycles. The van der Waals surface area contributed by atoms with Crippen molar-refractivity contribution in [3.8, 4) is 0 Å². The van der Waals surface area contributed by atoms with Gasteiger partial charge in [0.05, 0.1) is 23.9 Å². The van der Waals surface area contributed by atoms with Crippen LogP contribution in [0.25, 0.3) is 0 Å². The van der Waals surface area contributed by atoms with E-state index in [0.29, 0.717) is 72.9 Å². The molecule has 0 aliphatic carbocycles. The van der Waals surface area contributed by atoms with E-state index in [9.17, 15) is 14.4 Å². The minimum Gasteiger partial charge on any atom is -0.378 e. The molecule has 2 amide bonds. The largest absolute Gasteiger partial charge is 0.378 e. The van der Waals surface area contributed by atoms with Crippen molar-refractivity contribution in [2.75, 3.05) is 48.0 Å². The maximum Gasteiger partial charge on any atom is 0.255 e. The quantitative estimate of drug-likeness (QED) is 0.686. The molecule has 0 saturated carbocycles. The van der Waals surface area contributed by atoms with Gasteiger partial charge in [0.2, 0.25) is 17.8 Å². The van der Waals surface area contributed by atoms with Gasteiger partial charge in [0.15, 0.2) is 0 Å². The van der Waals surface area contributed by atoms with Crippen molar-refractivity contribution < 1.29 is 14.3 Å². The fraction of sp³-hybridized carbons (Fsp3) is 0.455. The first-order valence-corrected chi connectivity index (χ1v) is 11.1. The third kappa shape index (κ3) is 4.94. The minimum atomic E-state index is -0.271. The van der Waals surface area contributed by atoms with Gasteiger partial charge in [-0.25, -0.2) is 4.98 Å². The van der Waals surface area contributed by atoms with E-state index in [1.165, 1.54) is 0 Å². The van der Waals surface area contributed by atoms with E-state index in [-0.39, 0.29) is 30.2 Å². The Morgan fingerprint density at radius 2 is 2.03 bits per heavy atom. The monoisotopic (exact) mass is 459 g/mol. The van der Waals surface area contributed by atoms with Gasteiger partial charge >= 0.3 is 0 Å². The number of morpholine rings is 1. The summed E-state index contributed by atoms with van der Waals surface area (Å²) in [6.45, 7) is 4.98. The van der Waals surface area contributed by atoms with Gasteiger partial charge < -0.3 is 19.9 Å². The third-order valence-electron chi connectivity index (χ3n) is 5.73. The second-order valence-corrected chi connectivity index (χ2v) is 8.32. The molecule has 0 radical (unpaired) electrons. The second-order valence-electron chi connectivity index (χ2n) is 7.91. The number of benzene rings is 1. The number of H-pyrrole nitrogens is 1. The molecular weight excluding hydrogens is 434 g/mol. The number of aromatic amines is 1. The predicted octanol–water partition coefficient (Wildman–Crippen LogP) is 2.27. The van der Waals surface area contributed by atoms with Crippen LogP contribution in [-0.4, -0.2) is 54.6 Å². The molecule has 0 bridgehead atoms. The van der Waals surface area contributed by atoms with Crippen LogP contribution in [0.4, 0.5) is 17.3 Å². The van der Waals surface area contributed by atoms with Crippen LogP contribution in [0.5, 0.6) is 0 Å². The number of nitrogens with zero attached hydrogens (tertiary/aromatic N) is 3. The molecule has 2 fully saturated rings. The lowest BCUT2D eigenvalue weighted by Gasteiger charge is -2.27. The molecule has 2 N–H and O–H groups in total. The second kappa shape index (κ2) is 9.70. The van der Waals surface area contributed by atoms with E-state index in [0.717, 1.165) is 6.42 Å². The number of aromatic nitrogens is 2. The molecule has 2 aromatic rings. The summed E-state index contributed by atoms with van der Waals surface area (Å²) >= 11 is 6.25. The van der Waals surface area contributed by atoms with Crippen LogP contribution >= 0.6 is 11.6 Å². The topological polar surface area (TPSA) is 108 Å². The predicted molar refractivity (Wildman–Crippen MR) is 123 cm³/mol. The van der Waals surface area contributed by atoms with E-state index < -0.39 is 0 Å². The lowest BCUT2D eigenvalue weighted by atomic mass is 10.1. The molecular formula is C22H26ClN5O4. The smallest absolute Gasteiger partial charge is 0.255 e. The van der Waals surface area contributed by atoms with Crippen molar-refractivity contribution in [2.45, 2.75) is 32.6 Å². The Hall–Kier alpha value is -2.91. The molecule has 3 heterocycles. The third-order valence-corrected chi connectivity index (χ3v) is 6.06. The van der Waals surface area contributed by atoms with E-state index in [1.54, 1.807) is 30.0 Å². The summed E-state index contributed by atoms with van der Waals surface area (Å²) in [5, 5.41) is 3.19. The number of rotatable bonds is 6. The summed E-state index contributed by atoms with van der Waals surface area (Å²) < 4.78 is 5.33. The van der Waals surface area contributed by atoms with Crippen molar-refractivity contribution in [3.05, 3.63) is 44.8 Å². The average molecular weight is 460 g/mol. The molecule has 2 aliphatic heterocycles. The van der Waals surface area contributed by atoms with Crippen molar-refractivity contribution in [3.63, 3.8) is 0 Å². The number of halogens is 1. The van der Waals surface area contributed by atoms with Crippen LogP contribution in [0.3, 0.4) is 0 Å². The van der Waals surface area contributed by atoms with E-state index in [4.69, 9.17) is 16.3 Å². The Morgan fingerprint density at radius 3 is 2.72 bits per heavy atom. The molecule has 0 spiro atoms. The Bertz CT molecular complexity index is 1080. The van der Waals surface area contributed by atoms with Crippen LogP contribution < -0.4 is 20.7 Å². The van der Waals surface area contributed by atoms with Crippen LogP contribution in [0.2, 0.25) is 5.02 Å². The number of anilines is 3. The number of carbonyl (C=O) groups is 2.